The van der Waals surface area contributed by atoms with Crippen LogP contribution in [0.3, 0.4) is 0 Å². The number of carbonyl (C=O) groups excluding carboxylic acids is 2. The summed E-state index contributed by atoms with van der Waals surface area (Å²) in [7, 11) is 0. The molecule has 1 unspecified atom stereocenters. The molecular weight excluding hydrogens is 363 g/mol. The van der Waals surface area contributed by atoms with Crippen molar-refractivity contribution in [1.29, 1.82) is 0 Å². The number of benzene rings is 1. The summed E-state index contributed by atoms with van der Waals surface area (Å²) in [4.78, 5) is 28.7. The Bertz CT molecular complexity index is 617. The van der Waals surface area contributed by atoms with Crippen molar-refractivity contribution in [2.24, 2.45) is 5.92 Å². The van der Waals surface area contributed by atoms with Crippen molar-refractivity contribution in [2.45, 2.75) is 25.7 Å². The van der Waals surface area contributed by atoms with Crippen molar-refractivity contribution in [1.82, 2.24) is 9.80 Å². The van der Waals surface area contributed by atoms with Gasteiger partial charge in [-0.2, -0.15) is 0 Å². The van der Waals surface area contributed by atoms with Crippen LogP contribution in [0.4, 0.5) is 4.39 Å². The minimum Gasteiger partial charge on any atom is -0.342 e. The molecule has 0 aromatic heterocycles. The van der Waals surface area contributed by atoms with E-state index in [-0.39, 0.29) is 23.3 Å². The van der Waals surface area contributed by atoms with Crippen molar-refractivity contribution in [3.63, 3.8) is 0 Å². The van der Waals surface area contributed by atoms with Gasteiger partial charge in [0.2, 0.25) is 5.91 Å². The molecule has 2 saturated heterocycles. The Morgan fingerprint density at radius 3 is 2.52 bits per heavy atom. The average molecular weight is 383 g/mol. The predicted molar refractivity (Wildman–Crippen MR) is 88.5 cm³/mol. The van der Waals surface area contributed by atoms with Crippen LogP contribution in [0, 0.1) is 11.7 Å². The number of nitrogens with zero attached hydrogens (tertiary/aromatic N) is 2. The lowest BCUT2D eigenvalue weighted by atomic mass is 9.96. The van der Waals surface area contributed by atoms with Gasteiger partial charge in [-0.05, 0) is 43.9 Å². The number of piperidine rings is 1. The molecule has 1 atom stereocenters. The molecule has 3 rings (SSSR count). The van der Waals surface area contributed by atoms with Gasteiger partial charge in [-0.1, -0.05) is 15.9 Å². The molecule has 2 amide bonds. The third-order valence-electron chi connectivity index (χ3n) is 4.63. The zero-order chi connectivity index (χ0) is 16.4. The zero-order valence-corrected chi connectivity index (χ0v) is 14.5. The van der Waals surface area contributed by atoms with E-state index in [9.17, 15) is 14.0 Å². The second-order valence-corrected chi connectivity index (χ2v) is 7.16. The molecule has 1 aromatic carbocycles. The van der Waals surface area contributed by atoms with Gasteiger partial charge in [-0.3, -0.25) is 9.59 Å². The van der Waals surface area contributed by atoms with Gasteiger partial charge in [0.15, 0.2) is 0 Å². The van der Waals surface area contributed by atoms with E-state index in [0.29, 0.717) is 17.6 Å². The summed E-state index contributed by atoms with van der Waals surface area (Å²) in [6, 6.07) is 4.36. The summed E-state index contributed by atoms with van der Waals surface area (Å²) in [5.74, 6) is -0.857. The average Bonchev–Trinajstić information content (AvgIpc) is 3.10. The smallest absolute Gasteiger partial charge is 0.256 e. The molecule has 2 heterocycles. The van der Waals surface area contributed by atoms with Gasteiger partial charge in [0.1, 0.15) is 5.82 Å². The first-order valence-electron chi connectivity index (χ1n) is 8.09. The number of likely N-dealkylation sites (tertiary alicyclic amines) is 2. The highest BCUT2D eigenvalue weighted by Crippen LogP contribution is 2.24. The molecule has 0 spiro atoms. The lowest BCUT2D eigenvalue weighted by molar-refractivity contribution is -0.135. The minimum absolute atomic E-state index is 0.0636. The molecule has 2 fully saturated rings. The summed E-state index contributed by atoms with van der Waals surface area (Å²) in [5, 5.41) is 0. The van der Waals surface area contributed by atoms with Gasteiger partial charge in [-0.15, -0.1) is 0 Å². The summed E-state index contributed by atoms with van der Waals surface area (Å²) in [6.45, 7) is 2.61. The van der Waals surface area contributed by atoms with Gasteiger partial charge in [-0.25, -0.2) is 4.39 Å². The van der Waals surface area contributed by atoms with Gasteiger partial charge in [0.25, 0.3) is 5.91 Å². The largest absolute Gasteiger partial charge is 0.342 e. The minimum atomic E-state index is -0.522. The predicted octanol–water partition coefficient (Wildman–Crippen LogP) is 3.06. The Morgan fingerprint density at radius 1 is 1.09 bits per heavy atom. The van der Waals surface area contributed by atoms with Crippen LogP contribution in [0.2, 0.25) is 0 Å². The summed E-state index contributed by atoms with van der Waals surface area (Å²) in [6.07, 6.45) is 3.71. The van der Waals surface area contributed by atoms with Crippen molar-refractivity contribution in [2.75, 3.05) is 26.2 Å². The highest BCUT2D eigenvalue weighted by Gasteiger charge is 2.33. The fourth-order valence-electron chi connectivity index (χ4n) is 3.39. The maximum absolute atomic E-state index is 13.9. The van der Waals surface area contributed by atoms with Gasteiger partial charge in [0.05, 0.1) is 11.5 Å². The Morgan fingerprint density at radius 2 is 1.78 bits per heavy atom. The fraction of sp³-hybridized carbons (Fsp3) is 0.529. The van der Waals surface area contributed by atoms with E-state index in [1.807, 2.05) is 4.90 Å². The van der Waals surface area contributed by atoms with E-state index in [2.05, 4.69) is 15.9 Å². The number of hydrogen-bond donors (Lipinski definition) is 0. The maximum Gasteiger partial charge on any atom is 0.256 e. The second-order valence-electron chi connectivity index (χ2n) is 6.25. The third kappa shape index (κ3) is 3.57. The first-order valence-corrected chi connectivity index (χ1v) is 8.88. The summed E-state index contributed by atoms with van der Waals surface area (Å²) >= 11 is 3.27. The molecule has 0 radical (unpaired) electrons. The van der Waals surface area contributed by atoms with E-state index < -0.39 is 5.82 Å². The lowest BCUT2D eigenvalue weighted by Crippen LogP contribution is -2.46. The van der Waals surface area contributed by atoms with Crippen LogP contribution in [0.5, 0.6) is 0 Å². The van der Waals surface area contributed by atoms with Crippen LogP contribution in [0.15, 0.2) is 22.7 Å². The monoisotopic (exact) mass is 382 g/mol. The van der Waals surface area contributed by atoms with E-state index in [1.165, 1.54) is 12.1 Å². The number of amides is 2. The van der Waals surface area contributed by atoms with Gasteiger partial charge in [0, 0.05) is 30.7 Å². The van der Waals surface area contributed by atoms with Gasteiger partial charge >= 0.3 is 0 Å². The molecule has 0 N–H and O–H groups in total. The topological polar surface area (TPSA) is 40.6 Å². The van der Waals surface area contributed by atoms with Crippen LogP contribution in [0.1, 0.15) is 36.0 Å². The molecule has 23 heavy (non-hydrogen) atoms. The number of hydrogen-bond acceptors (Lipinski definition) is 2. The highest BCUT2D eigenvalue weighted by molar-refractivity contribution is 9.10. The Labute approximate surface area is 143 Å². The van der Waals surface area contributed by atoms with Crippen LogP contribution < -0.4 is 0 Å². The number of rotatable bonds is 2. The lowest BCUT2D eigenvalue weighted by Gasteiger charge is -2.34. The first kappa shape index (κ1) is 16.4. The number of halogens is 2. The van der Waals surface area contributed by atoms with E-state index >= 15 is 0 Å². The molecule has 2 aliphatic rings. The molecule has 0 aliphatic carbocycles. The van der Waals surface area contributed by atoms with Crippen LogP contribution in [-0.4, -0.2) is 47.8 Å². The first-order chi connectivity index (χ1) is 11.1. The van der Waals surface area contributed by atoms with E-state index in [1.54, 1.807) is 11.0 Å². The Balaban J connectivity index is 1.71. The van der Waals surface area contributed by atoms with Crippen LogP contribution >= 0.6 is 15.9 Å². The second kappa shape index (κ2) is 6.99. The Kier molecular flexibility index (Phi) is 4.99. The van der Waals surface area contributed by atoms with Crippen molar-refractivity contribution < 1.29 is 14.0 Å². The molecular formula is C17H20BrFN2O2. The molecule has 4 nitrogen and oxygen atoms in total. The third-order valence-corrected chi connectivity index (χ3v) is 5.13. The molecule has 1 aromatic rings. The molecule has 2 aliphatic heterocycles. The Hall–Kier alpha value is -1.43. The summed E-state index contributed by atoms with van der Waals surface area (Å²) < 4.78 is 14.6. The van der Waals surface area contributed by atoms with Gasteiger partial charge < -0.3 is 9.80 Å². The van der Waals surface area contributed by atoms with Crippen molar-refractivity contribution >= 4 is 27.7 Å². The van der Waals surface area contributed by atoms with Crippen LogP contribution in [-0.2, 0) is 4.79 Å². The van der Waals surface area contributed by atoms with E-state index in [4.69, 9.17) is 0 Å². The summed E-state index contributed by atoms with van der Waals surface area (Å²) in [5.41, 5.74) is 0.0636. The highest BCUT2D eigenvalue weighted by atomic mass is 79.9. The molecule has 0 saturated carbocycles. The SMILES string of the molecule is O=C(c1cc(Br)ccc1F)N1CCCC(C(=O)N2CCCC2)C1. The molecule has 124 valence electrons. The normalized spacial score (nSPS) is 21.6. The van der Waals surface area contributed by atoms with Crippen LogP contribution in [0.25, 0.3) is 0 Å². The fourth-order valence-corrected chi connectivity index (χ4v) is 3.75. The zero-order valence-electron chi connectivity index (χ0n) is 12.9. The quantitative estimate of drug-likeness (QED) is 0.788. The number of carbonyl (C=O) groups is 2. The van der Waals surface area contributed by atoms with E-state index in [0.717, 1.165) is 38.8 Å². The maximum atomic E-state index is 13.9. The van der Waals surface area contributed by atoms with Crippen molar-refractivity contribution in [3.05, 3.63) is 34.1 Å². The molecule has 6 heteroatoms. The standard InChI is InChI=1S/C17H20BrFN2O2/c18-13-5-6-15(19)14(10-13)17(23)21-9-3-4-12(11-21)16(22)20-7-1-2-8-20/h5-6,10,12H,1-4,7-9,11H2. The molecule has 0 bridgehead atoms. The van der Waals surface area contributed by atoms with Crippen molar-refractivity contribution in [3.8, 4) is 0 Å².